The van der Waals surface area contributed by atoms with Gasteiger partial charge in [0.1, 0.15) is 6.10 Å². The normalized spacial score (nSPS) is 20.0. The zero-order valence-electron chi connectivity index (χ0n) is 13.2. The number of hydrogen-bond donors (Lipinski definition) is 2. The van der Waals surface area contributed by atoms with E-state index in [1.165, 1.54) is 4.90 Å². The maximum atomic E-state index is 12.3. The second-order valence-electron chi connectivity index (χ2n) is 5.69. The molecule has 1 fully saturated rings. The first-order valence-electron chi connectivity index (χ1n) is 7.66. The van der Waals surface area contributed by atoms with E-state index in [-0.39, 0.29) is 12.5 Å². The highest BCUT2D eigenvalue weighted by Gasteiger charge is 2.32. The van der Waals surface area contributed by atoms with Gasteiger partial charge in [-0.1, -0.05) is 29.9 Å². The van der Waals surface area contributed by atoms with Crippen LogP contribution in [0.1, 0.15) is 6.42 Å². The Labute approximate surface area is 155 Å². The maximum absolute atomic E-state index is 12.3. The lowest BCUT2D eigenvalue weighted by molar-refractivity contribution is -0.117. The number of nitrogens with one attached hydrogen (secondary N) is 1. The van der Waals surface area contributed by atoms with E-state index in [2.05, 4.69) is 5.32 Å². The van der Waals surface area contributed by atoms with Crippen LogP contribution in [0.5, 0.6) is 0 Å². The van der Waals surface area contributed by atoms with Gasteiger partial charge >= 0.3 is 6.09 Å². The van der Waals surface area contributed by atoms with Gasteiger partial charge in [-0.05, 0) is 30.3 Å². The highest BCUT2D eigenvalue weighted by Crippen LogP contribution is 2.23. The number of rotatable bonds is 4. The average molecular weight is 378 g/mol. The molecule has 2 aliphatic rings. The van der Waals surface area contributed by atoms with Gasteiger partial charge in [-0.25, -0.2) is 4.79 Å². The number of benzene rings is 1. The molecule has 25 heavy (non-hydrogen) atoms. The predicted molar refractivity (Wildman–Crippen MR) is 101 cm³/mol. The van der Waals surface area contributed by atoms with Crippen LogP contribution >= 0.6 is 23.8 Å². The quantitative estimate of drug-likeness (QED) is 0.622. The molecule has 8 heteroatoms. The summed E-state index contributed by atoms with van der Waals surface area (Å²) in [5.74, 6) is -0.321. The lowest BCUT2D eigenvalue weighted by Gasteiger charge is -2.15. The largest absolute Gasteiger partial charge is 0.442 e. The number of thiocarbonyl (C=S) groups is 1. The molecule has 1 aromatic rings. The smallest absolute Gasteiger partial charge is 0.414 e. The minimum absolute atomic E-state index is 0.192. The molecule has 3 N–H and O–H groups in total. The van der Waals surface area contributed by atoms with Crippen molar-refractivity contribution in [3.05, 3.63) is 47.0 Å². The first kappa shape index (κ1) is 17.4. The Bertz CT molecular complexity index is 789. The minimum Gasteiger partial charge on any atom is -0.442 e. The molecule has 1 heterocycles. The molecule has 2 amide bonds. The number of nitrogen functional groups attached to an aromatic ring is 1. The van der Waals surface area contributed by atoms with Crippen molar-refractivity contribution in [3.63, 3.8) is 0 Å². The van der Waals surface area contributed by atoms with Gasteiger partial charge in [-0.15, -0.1) is 0 Å². The van der Waals surface area contributed by atoms with E-state index in [1.54, 1.807) is 36.4 Å². The van der Waals surface area contributed by atoms with Crippen LogP contribution in [0, 0.1) is 0 Å². The summed E-state index contributed by atoms with van der Waals surface area (Å²) in [6.07, 6.45) is 2.87. The second kappa shape index (κ2) is 7.25. The van der Waals surface area contributed by atoms with Crippen molar-refractivity contribution >= 4 is 52.1 Å². The molecule has 0 radical (unpaired) electrons. The van der Waals surface area contributed by atoms with Gasteiger partial charge in [0.05, 0.1) is 18.7 Å². The molecule has 1 aliphatic carbocycles. The lowest BCUT2D eigenvalue weighted by atomic mass is 10.0. The number of halogens is 1. The number of ether oxygens (including phenoxy) is 1. The lowest BCUT2D eigenvalue weighted by Crippen LogP contribution is -2.36. The Morgan fingerprint density at radius 1 is 1.40 bits per heavy atom. The van der Waals surface area contributed by atoms with E-state index in [0.717, 1.165) is 0 Å². The summed E-state index contributed by atoms with van der Waals surface area (Å²) in [7, 11) is 0. The Balaban J connectivity index is 1.59. The fourth-order valence-electron chi connectivity index (χ4n) is 2.56. The summed E-state index contributed by atoms with van der Waals surface area (Å²) >= 11 is 11.1. The van der Waals surface area contributed by atoms with E-state index in [1.807, 2.05) is 0 Å². The first-order valence-corrected chi connectivity index (χ1v) is 8.45. The van der Waals surface area contributed by atoms with Crippen molar-refractivity contribution in [1.29, 1.82) is 0 Å². The Kier molecular flexibility index (Phi) is 5.06. The van der Waals surface area contributed by atoms with Crippen LogP contribution in [0.3, 0.4) is 0 Å². The van der Waals surface area contributed by atoms with Crippen molar-refractivity contribution in [1.82, 2.24) is 5.32 Å². The molecule has 130 valence electrons. The number of allylic oxidation sites excluding steroid dienone is 3. The van der Waals surface area contributed by atoms with Gasteiger partial charge in [0.25, 0.3) is 5.91 Å². The van der Waals surface area contributed by atoms with E-state index in [0.29, 0.717) is 39.8 Å². The van der Waals surface area contributed by atoms with Crippen molar-refractivity contribution < 1.29 is 14.3 Å². The van der Waals surface area contributed by atoms with Gasteiger partial charge in [0.15, 0.2) is 0 Å². The predicted octanol–water partition coefficient (Wildman–Crippen LogP) is 2.53. The van der Waals surface area contributed by atoms with Gasteiger partial charge in [-0.2, -0.15) is 0 Å². The maximum Gasteiger partial charge on any atom is 0.414 e. The number of hydrogen-bond acceptors (Lipinski definition) is 5. The molecule has 0 aromatic heterocycles. The average Bonchev–Trinajstić information content (AvgIpc) is 2.96. The van der Waals surface area contributed by atoms with Crippen LogP contribution in [0.4, 0.5) is 16.2 Å². The van der Waals surface area contributed by atoms with E-state index in [4.69, 9.17) is 34.3 Å². The fraction of sp³-hybridized carbons (Fsp3) is 0.235. The topological polar surface area (TPSA) is 84.7 Å². The molecule has 1 unspecified atom stereocenters. The first-order chi connectivity index (χ1) is 11.9. The standard InChI is InChI=1S/C17H16ClN3O3S/c18-10-1-6-15(25)14(7-10)16(22)20-8-13-9-21(17(23)24-13)12-4-2-11(19)3-5-12/h1-5,7,13H,6,8-9,19H2,(H,20,22). The highest BCUT2D eigenvalue weighted by atomic mass is 35.5. The number of cyclic esters (lactones) is 1. The molecular formula is C17H16ClN3O3S. The SMILES string of the molecule is Nc1ccc(N2CC(CNC(=O)C3=CC(Cl)=CCC3=S)OC2=O)cc1. The number of nitrogens with two attached hydrogens (primary N) is 1. The van der Waals surface area contributed by atoms with E-state index >= 15 is 0 Å². The third-order valence-electron chi connectivity index (χ3n) is 3.88. The number of anilines is 2. The number of carbonyl (C=O) groups excluding carboxylic acids is 2. The number of carbonyl (C=O) groups is 2. The van der Waals surface area contributed by atoms with Crippen molar-refractivity contribution in [3.8, 4) is 0 Å². The van der Waals surface area contributed by atoms with Gasteiger partial charge in [0, 0.05) is 27.7 Å². The van der Waals surface area contributed by atoms with Crippen LogP contribution in [0.2, 0.25) is 0 Å². The molecule has 1 aromatic carbocycles. The number of nitrogens with zero attached hydrogens (tertiary/aromatic N) is 1. The molecule has 0 spiro atoms. The zero-order chi connectivity index (χ0) is 18.0. The van der Waals surface area contributed by atoms with Gasteiger partial charge < -0.3 is 15.8 Å². The summed E-state index contributed by atoms with van der Waals surface area (Å²) in [4.78, 5) is 26.3. The molecule has 1 aliphatic heterocycles. The summed E-state index contributed by atoms with van der Waals surface area (Å²) in [5, 5.41) is 3.23. The summed E-state index contributed by atoms with van der Waals surface area (Å²) in [5.41, 5.74) is 7.34. The monoisotopic (exact) mass is 377 g/mol. The molecule has 3 rings (SSSR count). The van der Waals surface area contributed by atoms with E-state index < -0.39 is 12.2 Å². The number of amides is 2. The molecule has 0 saturated carbocycles. The third-order valence-corrected chi connectivity index (χ3v) is 4.53. The molecular weight excluding hydrogens is 362 g/mol. The van der Waals surface area contributed by atoms with Crippen LogP contribution in [0.15, 0.2) is 47.0 Å². The Morgan fingerprint density at radius 3 is 2.84 bits per heavy atom. The minimum atomic E-state index is -0.456. The van der Waals surface area contributed by atoms with Crippen molar-refractivity contribution in [2.75, 3.05) is 23.7 Å². The van der Waals surface area contributed by atoms with E-state index in [9.17, 15) is 9.59 Å². The summed E-state index contributed by atoms with van der Waals surface area (Å²) < 4.78 is 5.30. The van der Waals surface area contributed by atoms with Crippen LogP contribution in [0.25, 0.3) is 0 Å². The van der Waals surface area contributed by atoms with Crippen LogP contribution in [-0.2, 0) is 9.53 Å². The third kappa shape index (κ3) is 4.00. The fourth-order valence-corrected chi connectivity index (χ4v) is 2.99. The molecule has 1 saturated heterocycles. The summed E-state index contributed by atoms with van der Waals surface area (Å²) in [6, 6.07) is 6.92. The Morgan fingerprint density at radius 2 is 2.12 bits per heavy atom. The molecule has 1 atom stereocenters. The zero-order valence-corrected chi connectivity index (χ0v) is 14.8. The molecule has 0 bridgehead atoms. The second-order valence-corrected chi connectivity index (χ2v) is 6.62. The van der Waals surface area contributed by atoms with Crippen LogP contribution in [-0.4, -0.2) is 36.1 Å². The molecule has 6 nitrogen and oxygen atoms in total. The summed E-state index contributed by atoms with van der Waals surface area (Å²) in [6.45, 7) is 0.532. The Hall–Kier alpha value is -2.38. The van der Waals surface area contributed by atoms with Crippen LogP contribution < -0.4 is 16.0 Å². The van der Waals surface area contributed by atoms with Gasteiger partial charge in [0.2, 0.25) is 0 Å². The van der Waals surface area contributed by atoms with Crippen molar-refractivity contribution in [2.45, 2.75) is 12.5 Å². The highest BCUT2D eigenvalue weighted by molar-refractivity contribution is 7.81. The van der Waals surface area contributed by atoms with Gasteiger partial charge in [-0.3, -0.25) is 9.69 Å². The van der Waals surface area contributed by atoms with Crippen molar-refractivity contribution in [2.24, 2.45) is 0 Å².